The van der Waals surface area contributed by atoms with Crippen molar-refractivity contribution in [3.05, 3.63) is 164 Å². The van der Waals surface area contributed by atoms with Crippen LogP contribution in [0.1, 0.15) is 0 Å². The van der Waals surface area contributed by atoms with Gasteiger partial charge in [-0.3, -0.25) is 0 Å². The molecule has 0 N–H and O–H groups in total. The molecule has 0 saturated carbocycles. The van der Waals surface area contributed by atoms with Crippen LogP contribution in [0.5, 0.6) is 0 Å². The van der Waals surface area contributed by atoms with E-state index in [2.05, 4.69) is 180 Å². The van der Waals surface area contributed by atoms with Gasteiger partial charge in [0.25, 0.3) is 0 Å². The van der Waals surface area contributed by atoms with E-state index >= 15 is 0 Å². The minimum Gasteiger partial charge on any atom is -0.344 e. The highest BCUT2D eigenvalue weighted by molar-refractivity contribution is 6.24. The molecular weight excluding hydrogens is 520 g/mol. The molecule has 204 valence electrons. The highest BCUT2D eigenvalue weighted by Crippen LogP contribution is 2.41. The second-order valence-corrected chi connectivity index (χ2v) is 11.1. The lowest BCUT2D eigenvalue weighted by Gasteiger charge is -2.26. The number of para-hydroxylation sites is 1. The molecule has 1 heterocycles. The van der Waals surface area contributed by atoms with Crippen molar-refractivity contribution < 1.29 is 0 Å². The van der Waals surface area contributed by atoms with E-state index in [1.165, 1.54) is 54.8 Å². The minimum absolute atomic E-state index is 1.12. The standard InChI is InChI=1S/C41H30N2/c1-42-38-21-11-20-37(40(38)41-36-19-9-8-14-30(36)24-27-39(41)42)31-22-25-34(26-23-31)43(33-16-6-3-7-17-33)35-18-10-15-32(28-35)29-12-4-2-5-13-29/h2-28H,1H3. The van der Waals surface area contributed by atoms with Gasteiger partial charge in [-0.05, 0) is 81.6 Å². The van der Waals surface area contributed by atoms with Crippen LogP contribution < -0.4 is 4.90 Å². The zero-order valence-electron chi connectivity index (χ0n) is 24.0. The zero-order valence-corrected chi connectivity index (χ0v) is 24.0. The first kappa shape index (κ1) is 25.1. The lowest BCUT2D eigenvalue weighted by atomic mass is 9.96. The number of fused-ring (bicyclic) bond motifs is 5. The van der Waals surface area contributed by atoms with Gasteiger partial charge in [0, 0.05) is 45.9 Å². The summed E-state index contributed by atoms with van der Waals surface area (Å²) in [6.07, 6.45) is 0. The first-order valence-electron chi connectivity index (χ1n) is 14.8. The van der Waals surface area contributed by atoms with Crippen LogP contribution in [0, 0.1) is 0 Å². The average Bonchev–Trinajstić information content (AvgIpc) is 3.38. The van der Waals surface area contributed by atoms with Gasteiger partial charge in [-0.15, -0.1) is 0 Å². The number of hydrogen-bond donors (Lipinski definition) is 0. The van der Waals surface area contributed by atoms with E-state index in [1.54, 1.807) is 0 Å². The van der Waals surface area contributed by atoms with Crippen molar-refractivity contribution in [3.8, 4) is 22.3 Å². The van der Waals surface area contributed by atoms with Crippen LogP contribution in [-0.2, 0) is 7.05 Å². The number of benzene rings is 7. The normalized spacial score (nSPS) is 11.4. The van der Waals surface area contributed by atoms with Crippen molar-refractivity contribution in [2.24, 2.45) is 7.05 Å². The molecule has 2 heteroatoms. The Balaban J connectivity index is 1.28. The third-order valence-electron chi connectivity index (χ3n) is 8.58. The first-order chi connectivity index (χ1) is 21.3. The van der Waals surface area contributed by atoms with Crippen molar-refractivity contribution in [3.63, 3.8) is 0 Å². The fourth-order valence-corrected chi connectivity index (χ4v) is 6.52. The molecule has 0 amide bonds. The van der Waals surface area contributed by atoms with Gasteiger partial charge < -0.3 is 9.47 Å². The molecule has 8 rings (SSSR count). The molecule has 0 aliphatic rings. The molecule has 7 aromatic carbocycles. The molecule has 1 aromatic heterocycles. The van der Waals surface area contributed by atoms with Crippen molar-refractivity contribution in [1.29, 1.82) is 0 Å². The fourth-order valence-electron chi connectivity index (χ4n) is 6.52. The maximum absolute atomic E-state index is 2.34. The summed E-state index contributed by atoms with van der Waals surface area (Å²) in [6, 6.07) is 58.9. The molecule has 43 heavy (non-hydrogen) atoms. The average molecular weight is 551 g/mol. The summed E-state index contributed by atoms with van der Waals surface area (Å²) < 4.78 is 2.33. The summed E-state index contributed by atoms with van der Waals surface area (Å²) >= 11 is 0. The monoisotopic (exact) mass is 550 g/mol. The summed E-state index contributed by atoms with van der Waals surface area (Å²) in [5.74, 6) is 0. The van der Waals surface area contributed by atoms with Crippen LogP contribution in [0.4, 0.5) is 17.1 Å². The summed E-state index contributed by atoms with van der Waals surface area (Å²) in [4.78, 5) is 2.34. The number of nitrogens with zero attached hydrogens (tertiary/aromatic N) is 2. The van der Waals surface area contributed by atoms with E-state index in [1.807, 2.05) is 0 Å². The Morgan fingerprint density at radius 3 is 1.86 bits per heavy atom. The molecule has 0 fully saturated rings. The Morgan fingerprint density at radius 1 is 0.419 bits per heavy atom. The summed E-state index contributed by atoms with van der Waals surface area (Å²) in [5, 5.41) is 5.19. The molecular formula is C41H30N2. The van der Waals surface area contributed by atoms with Crippen LogP contribution in [0.2, 0.25) is 0 Å². The van der Waals surface area contributed by atoms with Crippen LogP contribution in [0.25, 0.3) is 54.8 Å². The molecule has 0 aliphatic carbocycles. The van der Waals surface area contributed by atoms with Crippen molar-refractivity contribution >= 4 is 49.6 Å². The largest absolute Gasteiger partial charge is 0.344 e. The predicted molar refractivity (Wildman–Crippen MR) is 183 cm³/mol. The van der Waals surface area contributed by atoms with Gasteiger partial charge in [0.05, 0.1) is 0 Å². The fraction of sp³-hybridized carbons (Fsp3) is 0.0244. The Kier molecular flexibility index (Phi) is 6.05. The lowest BCUT2D eigenvalue weighted by molar-refractivity contribution is 1.01. The number of rotatable bonds is 5. The molecule has 0 bridgehead atoms. The number of aromatic nitrogens is 1. The minimum atomic E-state index is 1.12. The van der Waals surface area contributed by atoms with Gasteiger partial charge in [0.2, 0.25) is 0 Å². The van der Waals surface area contributed by atoms with Gasteiger partial charge >= 0.3 is 0 Å². The van der Waals surface area contributed by atoms with Gasteiger partial charge in [-0.2, -0.15) is 0 Å². The topological polar surface area (TPSA) is 8.17 Å². The summed E-state index contributed by atoms with van der Waals surface area (Å²) in [5.41, 5.74) is 10.8. The molecule has 0 radical (unpaired) electrons. The first-order valence-corrected chi connectivity index (χ1v) is 14.8. The molecule has 0 unspecified atom stereocenters. The molecule has 0 atom stereocenters. The second-order valence-electron chi connectivity index (χ2n) is 11.1. The van der Waals surface area contributed by atoms with E-state index in [0.717, 1.165) is 17.1 Å². The third kappa shape index (κ3) is 4.27. The summed E-state index contributed by atoms with van der Waals surface area (Å²) in [7, 11) is 2.17. The van der Waals surface area contributed by atoms with E-state index in [9.17, 15) is 0 Å². The maximum atomic E-state index is 2.34. The van der Waals surface area contributed by atoms with E-state index in [4.69, 9.17) is 0 Å². The maximum Gasteiger partial charge on any atom is 0.0495 e. The quantitative estimate of drug-likeness (QED) is 0.207. The molecule has 0 saturated heterocycles. The molecule has 0 aliphatic heterocycles. The van der Waals surface area contributed by atoms with Crippen LogP contribution >= 0.6 is 0 Å². The van der Waals surface area contributed by atoms with Crippen molar-refractivity contribution in [2.45, 2.75) is 0 Å². The van der Waals surface area contributed by atoms with E-state index in [0.29, 0.717) is 0 Å². The van der Waals surface area contributed by atoms with E-state index < -0.39 is 0 Å². The number of aryl methyl sites for hydroxylation is 1. The van der Waals surface area contributed by atoms with Crippen LogP contribution in [0.3, 0.4) is 0 Å². The summed E-state index contributed by atoms with van der Waals surface area (Å²) in [6.45, 7) is 0. The smallest absolute Gasteiger partial charge is 0.0495 e. The Hall–Kier alpha value is -5.60. The Bertz CT molecular complexity index is 2230. The van der Waals surface area contributed by atoms with Crippen molar-refractivity contribution in [2.75, 3.05) is 4.90 Å². The zero-order chi connectivity index (χ0) is 28.8. The molecule has 2 nitrogen and oxygen atoms in total. The van der Waals surface area contributed by atoms with Crippen molar-refractivity contribution in [1.82, 2.24) is 4.57 Å². The SMILES string of the molecule is Cn1c2cccc(-c3ccc(N(c4ccccc4)c4cccc(-c5ccccc5)c4)cc3)c2c2c3ccccc3ccc21. The lowest BCUT2D eigenvalue weighted by Crippen LogP contribution is -2.09. The predicted octanol–water partition coefficient (Wildman–Crippen LogP) is 11.3. The molecule has 0 spiro atoms. The number of anilines is 3. The van der Waals surface area contributed by atoms with Crippen LogP contribution in [-0.4, -0.2) is 4.57 Å². The Labute approximate surface area is 251 Å². The Morgan fingerprint density at radius 2 is 1.05 bits per heavy atom. The van der Waals surface area contributed by atoms with Gasteiger partial charge in [0.15, 0.2) is 0 Å². The van der Waals surface area contributed by atoms with Gasteiger partial charge in [-0.1, -0.05) is 115 Å². The molecule has 8 aromatic rings. The van der Waals surface area contributed by atoms with Crippen LogP contribution in [0.15, 0.2) is 164 Å². The van der Waals surface area contributed by atoms with Gasteiger partial charge in [0.1, 0.15) is 0 Å². The number of hydrogen-bond acceptors (Lipinski definition) is 1. The second kappa shape index (κ2) is 10.3. The highest BCUT2D eigenvalue weighted by Gasteiger charge is 2.17. The van der Waals surface area contributed by atoms with E-state index in [-0.39, 0.29) is 0 Å². The third-order valence-corrected chi connectivity index (χ3v) is 8.58. The highest BCUT2D eigenvalue weighted by atomic mass is 15.1. The van der Waals surface area contributed by atoms with Gasteiger partial charge in [-0.25, -0.2) is 0 Å².